The third kappa shape index (κ3) is 5.20. The summed E-state index contributed by atoms with van der Waals surface area (Å²) < 4.78 is 44.7. The molecule has 3 heterocycles. The van der Waals surface area contributed by atoms with Gasteiger partial charge in [-0.3, -0.25) is 4.79 Å². The molecule has 0 spiro atoms. The van der Waals surface area contributed by atoms with E-state index in [1.165, 1.54) is 6.07 Å². The highest BCUT2D eigenvalue weighted by atomic mass is 19.4. The maximum atomic E-state index is 13.8. The zero-order chi connectivity index (χ0) is 24.5. The monoisotopic (exact) mass is 482 g/mol. The van der Waals surface area contributed by atoms with E-state index in [9.17, 15) is 18.0 Å². The zero-order valence-electron chi connectivity index (χ0n) is 20.4. The van der Waals surface area contributed by atoms with Crippen LogP contribution in [0.15, 0.2) is 18.2 Å². The van der Waals surface area contributed by atoms with Gasteiger partial charge in [0, 0.05) is 44.9 Å². The van der Waals surface area contributed by atoms with E-state index < -0.39 is 11.9 Å². The summed E-state index contributed by atoms with van der Waals surface area (Å²) in [6.07, 6.45) is -0.766. The molecule has 2 aliphatic heterocycles. The standard InChI is InChI=1S/C25H37F3N4O2/c1-17(2)24(9-7-19(15-24)29-20-8-14-34-16-18(20)3)23(33)32-12-10-31(11-13-32)22-6-4-5-21(30-22)25(26,27)28/h4-6,17-20,29H,7-16H2,1-3H3/t18?,19-,20?,24+/m1/s1. The maximum Gasteiger partial charge on any atom is 0.433 e. The minimum absolute atomic E-state index is 0.198. The Balaban J connectivity index is 1.38. The minimum Gasteiger partial charge on any atom is -0.381 e. The summed E-state index contributed by atoms with van der Waals surface area (Å²) in [5.41, 5.74) is -1.27. The number of ether oxygens (including phenoxy) is 1. The van der Waals surface area contributed by atoms with Crippen LogP contribution >= 0.6 is 0 Å². The molecule has 4 rings (SSSR count). The lowest BCUT2D eigenvalue weighted by atomic mass is 9.74. The molecule has 34 heavy (non-hydrogen) atoms. The smallest absolute Gasteiger partial charge is 0.381 e. The number of hydrogen-bond donors (Lipinski definition) is 1. The molecule has 0 radical (unpaired) electrons. The summed E-state index contributed by atoms with van der Waals surface area (Å²) in [6.45, 7) is 10.0. The SMILES string of the molecule is CC1COCCC1N[C@@H]1CC[C@@](C(=O)N2CCN(c3cccc(C(F)(F)F)n3)CC2)(C(C)C)C1. The predicted molar refractivity (Wildman–Crippen MR) is 124 cm³/mol. The van der Waals surface area contributed by atoms with Crippen molar-refractivity contribution in [3.05, 3.63) is 23.9 Å². The molecular weight excluding hydrogens is 445 g/mol. The van der Waals surface area contributed by atoms with Gasteiger partial charge in [0.25, 0.3) is 0 Å². The molecule has 6 nitrogen and oxygen atoms in total. The molecule has 1 aromatic rings. The van der Waals surface area contributed by atoms with Gasteiger partial charge in [-0.05, 0) is 49.7 Å². The van der Waals surface area contributed by atoms with Crippen molar-refractivity contribution in [2.45, 2.75) is 64.7 Å². The number of aromatic nitrogens is 1. The first kappa shape index (κ1) is 25.2. The van der Waals surface area contributed by atoms with E-state index in [1.54, 1.807) is 6.07 Å². The fraction of sp³-hybridized carbons (Fsp3) is 0.760. The van der Waals surface area contributed by atoms with Crippen molar-refractivity contribution in [3.63, 3.8) is 0 Å². The van der Waals surface area contributed by atoms with Gasteiger partial charge >= 0.3 is 6.18 Å². The molecule has 0 aromatic carbocycles. The number of alkyl halides is 3. The number of carbonyl (C=O) groups is 1. The first-order valence-corrected chi connectivity index (χ1v) is 12.5. The van der Waals surface area contributed by atoms with Crippen LogP contribution in [0, 0.1) is 17.3 Å². The fourth-order valence-corrected chi connectivity index (χ4v) is 5.82. The Bertz CT molecular complexity index is 857. The van der Waals surface area contributed by atoms with Crippen LogP contribution in [0.5, 0.6) is 0 Å². The van der Waals surface area contributed by atoms with Crippen molar-refractivity contribution < 1.29 is 22.7 Å². The molecular formula is C25H37F3N4O2. The van der Waals surface area contributed by atoms with Gasteiger partial charge in [-0.15, -0.1) is 0 Å². The average Bonchev–Trinajstić information content (AvgIpc) is 3.25. The summed E-state index contributed by atoms with van der Waals surface area (Å²) in [6, 6.07) is 4.74. The molecule has 1 amide bonds. The van der Waals surface area contributed by atoms with Crippen LogP contribution in [0.4, 0.5) is 19.0 Å². The Kier molecular flexibility index (Phi) is 7.43. The van der Waals surface area contributed by atoms with Crippen molar-refractivity contribution in [1.29, 1.82) is 0 Å². The third-order valence-corrected chi connectivity index (χ3v) is 8.09. The second-order valence-electron chi connectivity index (χ2n) is 10.5. The van der Waals surface area contributed by atoms with E-state index in [4.69, 9.17) is 4.74 Å². The second kappa shape index (κ2) is 10.0. The lowest BCUT2D eigenvalue weighted by Crippen LogP contribution is -2.54. The van der Waals surface area contributed by atoms with Crippen molar-refractivity contribution in [1.82, 2.24) is 15.2 Å². The molecule has 1 N–H and O–H groups in total. The van der Waals surface area contributed by atoms with Crippen LogP contribution in [0.2, 0.25) is 0 Å². The Morgan fingerprint density at radius 2 is 1.94 bits per heavy atom. The van der Waals surface area contributed by atoms with Crippen LogP contribution < -0.4 is 10.2 Å². The number of amides is 1. The number of nitrogens with one attached hydrogen (secondary N) is 1. The van der Waals surface area contributed by atoms with E-state index in [0.29, 0.717) is 50.0 Å². The number of piperazine rings is 1. The number of carbonyl (C=O) groups excluding carboxylic acids is 1. The molecule has 3 aliphatic rings. The van der Waals surface area contributed by atoms with E-state index in [2.05, 4.69) is 31.1 Å². The molecule has 2 unspecified atom stereocenters. The predicted octanol–water partition coefficient (Wildman–Crippen LogP) is 3.96. The van der Waals surface area contributed by atoms with Gasteiger partial charge in [-0.1, -0.05) is 26.8 Å². The van der Waals surface area contributed by atoms with Gasteiger partial charge in [0.05, 0.1) is 12.0 Å². The second-order valence-corrected chi connectivity index (χ2v) is 10.5. The number of halogens is 3. The number of hydrogen-bond acceptors (Lipinski definition) is 5. The summed E-state index contributed by atoms with van der Waals surface area (Å²) in [7, 11) is 0. The highest BCUT2D eigenvalue weighted by Gasteiger charge is 2.50. The lowest BCUT2D eigenvalue weighted by molar-refractivity contribution is -0.145. The van der Waals surface area contributed by atoms with E-state index >= 15 is 0 Å². The van der Waals surface area contributed by atoms with Crippen LogP contribution in [-0.4, -0.2) is 67.3 Å². The van der Waals surface area contributed by atoms with Crippen molar-refractivity contribution in [3.8, 4) is 0 Å². The fourth-order valence-electron chi connectivity index (χ4n) is 5.82. The van der Waals surface area contributed by atoms with Crippen molar-refractivity contribution in [2.75, 3.05) is 44.3 Å². The average molecular weight is 483 g/mol. The normalized spacial score (nSPS) is 30.7. The Morgan fingerprint density at radius 3 is 2.59 bits per heavy atom. The van der Waals surface area contributed by atoms with Gasteiger partial charge in [0.2, 0.25) is 5.91 Å². The lowest BCUT2D eigenvalue weighted by Gasteiger charge is -2.42. The topological polar surface area (TPSA) is 57.7 Å². The molecule has 4 atom stereocenters. The quantitative estimate of drug-likeness (QED) is 0.689. The molecule has 0 bridgehead atoms. The van der Waals surface area contributed by atoms with Crippen molar-refractivity contribution in [2.24, 2.45) is 17.3 Å². The van der Waals surface area contributed by atoms with Crippen LogP contribution in [0.3, 0.4) is 0 Å². The Labute approximate surface area is 200 Å². The minimum atomic E-state index is -4.47. The molecule has 9 heteroatoms. The third-order valence-electron chi connectivity index (χ3n) is 8.09. The van der Waals surface area contributed by atoms with E-state index in [0.717, 1.165) is 45.0 Å². The summed E-state index contributed by atoms with van der Waals surface area (Å²) >= 11 is 0. The number of nitrogens with zero attached hydrogens (tertiary/aromatic N) is 3. The molecule has 2 saturated heterocycles. The molecule has 1 aliphatic carbocycles. The zero-order valence-corrected chi connectivity index (χ0v) is 20.4. The molecule has 1 aromatic heterocycles. The highest BCUT2D eigenvalue weighted by molar-refractivity contribution is 5.83. The molecule has 190 valence electrons. The number of pyridine rings is 1. The van der Waals surface area contributed by atoms with E-state index in [1.807, 2.05) is 9.80 Å². The Morgan fingerprint density at radius 1 is 1.21 bits per heavy atom. The largest absolute Gasteiger partial charge is 0.433 e. The van der Waals surface area contributed by atoms with Gasteiger partial charge < -0.3 is 19.9 Å². The van der Waals surface area contributed by atoms with Crippen LogP contribution in [0.25, 0.3) is 0 Å². The summed E-state index contributed by atoms with van der Waals surface area (Å²) in [5, 5.41) is 3.82. The molecule has 3 fully saturated rings. The summed E-state index contributed by atoms with van der Waals surface area (Å²) in [5.74, 6) is 1.21. The Hall–Kier alpha value is -1.87. The van der Waals surface area contributed by atoms with Crippen molar-refractivity contribution >= 4 is 11.7 Å². The highest BCUT2D eigenvalue weighted by Crippen LogP contribution is 2.46. The van der Waals surface area contributed by atoms with E-state index in [-0.39, 0.29) is 17.2 Å². The van der Waals surface area contributed by atoms with Gasteiger partial charge in [0.15, 0.2) is 0 Å². The van der Waals surface area contributed by atoms with Crippen LogP contribution in [0.1, 0.15) is 52.1 Å². The first-order chi connectivity index (χ1) is 16.1. The van der Waals surface area contributed by atoms with Gasteiger partial charge in [-0.2, -0.15) is 13.2 Å². The van der Waals surface area contributed by atoms with Gasteiger partial charge in [-0.25, -0.2) is 4.98 Å². The van der Waals surface area contributed by atoms with Gasteiger partial charge in [0.1, 0.15) is 11.5 Å². The number of rotatable bonds is 5. The summed E-state index contributed by atoms with van der Waals surface area (Å²) in [4.78, 5) is 21.4. The maximum absolute atomic E-state index is 13.8. The first-order valence-electron chi connectivity index (χ1n) is 12.5. The van der Waals surface area contributed by atoms with Crippen LogP contribution in [-0.2, 0) is 15.7 Å². The molecule has 1 saturated carbocycles. The number of anilines is 1.